The summed E-state index contributed by atoms with van der Waals surface area (Å²) in [5.74, 6) is 0.228. The van der Waals surface area contributed by atoms with Crippen LogP contribution in [0.2, 0.25) is 0 Å². The number of rotatable bonds is 4. The molecule has 0 radical (unpaired) electrons. The SMILES string of the molecule is FC(F)(F)COCn1cnc(CCl)c1. The van der Waals surface area contributed by atoms with Crippen LogP contribution >= 0.6 is 11.6 Å². The fraction of sp³-hybridized carbons (Fsp3) is 0.571. The summed E-state index contributed by atoms with van der Waals surface area (Å²) in [4.78, 5) is 3.82. The molecule has 1 aromatic rings. The van der Waals surface area contributed by atoms with Crippen molar-refractivity contribution >= 4 is 11.6 Å². The third kappa shape index (κ3) is 3.97. The molecule has 0 atom stereocenters. The summed E-state index contributed by atoms with van der Waals surface area (Å²) in [5.41, 5.74) is 0.599. The summed E-state index contributed by atoms with van der Waals surface area (Å²) in [6, 6.07) is 0. The summed E-state index contributed by atoms with van der Waals surface area (Å²) in [6.45, 7) is -1.44. The van der Waals surface area contributed by atoms with Crippen LogP contribution in [0.4, 0.5) is 13.2 Å². The molecular weight excluding hydrogens is 221 g/mol. The zero-order valence-corrected chi connectivity index (χ0v) is 7.85. The first-order chi connectivity index (χ1) is 6.51. The van der Waals surface area contributed by atoms with Gasteiger partial charge in [0, 0.05) is 6.20 Å². The molecule has 7 heteroatoms. The average molecular weight is 229 g/mol. The van der Waals surface area contributed by atoms with Crippen molar-refractivity contribution in [1.82, 2.24) is 9.55 Å². The summed E-state index contributed by atoms with van der Waals surface area (Å²) < 4.78 is 40.8. The molecule has 80 valence electrons. The normalized spacial score (nSPS) is 12.0. The van der Waals surface area contributed by atoms with E-state index in [0.29, 0.717) is 5.69 Å². The van der Waals surface area contributed by atoms with Gasteiger partial charge in [-0.05, 0) is 0 Å². The monoisotopic (exact) mass is 228 g/mol. The Morgan fingerprint density at radius 3 is 2.71 bits per heavy atom. The van der Waals surface area contributed by atoms with E-state index in [0.717, 1.165) is 0 Å². The topological polar surface area (TPSA) is 27.1 Å². The molecule has 0 aliphatic carbocycles. The van der Waals surface area contributed by atoms with E-state index in [1.165, 1.54) is 17.1 Å². The second kappa shape index (κ2) is 4.65. The maximum absolute atomic E-state index is 11.7. The van der Waals surface area contributed by atoms with Gasteiger partial charge in [-0.2, -0.15) is 13.2 Å². The molecule has 3 nitrogen and oxygen atoms in total. The molecule has 1 heterocycles. The third-order valence-electron chi connectivity index (χ3n) is 1.33. The Morgan fingerprint density at radius 2 is 2.21 bits per heavy atom. The molecule has 0 N–H and O–H groups in total. The number of alkyl halides is 4. The van der Waals surface area contributed by atoms with Crippen LogP contribution in [0.25, 0.3) is 0 Å². The Bertz CT molecular complexity index is 287. The van der Waals surface area contributed by atoms with Crippen molar-refractivity contribution in [3.05, 3.63) is 18.2 Å². The molecule has 0 aliphatic heterocycles. The Morgan fingerprint density at radius 1 is 1.50 bits per heavy atom. The number of nitrogens with zero attached hydrogens (tertiary/aromatic N) is 2. The molecule has 0 amide bonds. The highest BCUT2D eigenvalue weighted by atomic mass is 35.5. The van der Waals surface area contributed by atoms with Gasteiger partial charge in [0.15, 0.2) is 0 Å². The minimum absolute atomic E-state index is 0.177. The lowest BCUT2D eigenvalue weighted by molar-refractivity contribution is -0.181. The van der Waals surface area contributed by atoms with E-state index in [4.69, 9.17) is 11.6 Å². The van der Waals surface area contributed by atoms with Gasteiger partial charge in [-0.25, -0.2) is 4.98 Å². The Labute approximate surface area is 83.4 Å². The first-order valence-corrected chi connectivity index (χ1v) is 4.26. The maximum atomic E-state index is 11.7. The van der Waals surface area contributed by atoms with Crippen LogP contribution in [0.3, 0.4) is 0 Å². The van der Waals surface area contributed by atoms with Gasteiger partial charge >= 0.3 is 6.18 Å². The maximum Gasteiger partial charge on any atom is 0.411 e. The second-order valence-corrected chi connectivity index (χ2v) is 2.87. The quantitative estimate of drug-likeness (QED) is 0.739. The Balaban J connectivity index is 2.31. The predicted octanol–water partition coefficient (Wildman–Crippen LogP) is 2.16. The highest BCUT2D eigenvalue weighted by Gasteiger charge is 2.27. The van der Waals surface area contributed by atoms with Gasteiger partial charge < -0.3 is 9.30 Å². The van der Waals surface area contributed by atoms with Crippen molar-refractivity contribution in [3.63, 3.8) is 0 Å². The number of aromatic nitrogens is 2. The average Bonchev–Trinajstić information content (AvgIpc) is 2.50. The molecule has 0 aliphatic rings. The summed E-state index contributed by atoms with van der Waals surface area (Å²) >= 11 is 5.45. The minimum Gasteiger partial charge on any atom is -0.351 e. The van der Waals surface area contributed by atoms with Crippen LogP contribution in [-0.4, -0.2) is 22.3 Å². The van der Waals surface area contributed by atoms with E-state index in [2.05, 4.69) is 9.72 Å². The van der Waals surface area contributed by atoms with Crippen molar-refractivity contribution in [3.8, 4) is 0 Å². The van der Waals surface area contributed by atoms with Crippen molar-refractivity contribution in [2.75, 3.05) is 6.61 Å². The molecule has 14 heavy (non-hydrogen) atoms. The molecule has 0 saturated heterocycles. The van der Waals surface area contributed by atoms with Crippen molar-refractivity contribution in [2.45, 2.75) is 18.8 Å². The molecule has 0 saturated carbocycles. The van der Waals surface area contributed by atoms with Gasteiger partial charge in [0.25, 0.3) is 0 Å². The first kappa shape index (κ1) is 11.3. The summed E-state index contributed by atoms with van der Waals surface area (Å²) in [5, 5.41) is 0. The van der Waals surface area contributed by atoms with E-state index >= 15 is 0 Å². The molecule has 1 aromatic heterocycles. The molecule has 0 bridgehead atoms. The fourth-order valence-electron chi connectivity index (χ4n) is 0.813. The number of hydrogen-bond donors (Lipinski definition) is 0. The summed E-state index contributed by atoms with van der Waals surface area (Å²) in [7, 11) is 0. The van der Waals surface area contributed by atoms with E-state index in [1.54, 1.807) is 0 Å². The summed E-state index contributed by atoms with van der Waals surface area (Å²) in [6.07, 6.45) is -1.40. The van der Waals surface area contributed by atoms with Crippen LogP contribution in [-0.2, 0) is 17.3 Å². The van der Waals surface area contributed by atoms with Crippen molar-refractivity contribution in [2.24, 2.45) is 0 Å². The van der Waals surface area contributed by atoms with Crippen LogP contribution in [0.5, 0.6) is 0 Å². The van der Waals surface area contributed by atoms with Gasteiger partial charge in [0.1, 0.15) is 13.3 Å². The van der Waals surface area contributed by atoms with Crippen molar-refractivity contribution in [1.29, 1.82) is 0 Å². The predicted molar refractivity (Wildman–Crippen MR) is 43.8 cm³/mol. The molecule has 1 rings (SSSR count). The van der Waals surface area contributed by atoms with E-state index < -0.39 is 12.8 Å². The number of ether oxygens (including phenoxy) is 1. The molecule has 0 spiro atoms. The van der Waals surface area contributed by atoms with Crippen molar-refractivity contribution < 1.29 is 17.9 Å². The molecular formula is C7H8ClF3N2O. The molecule has 0 unspecified atom stereocenters. The first-order valence-electron chi connectivity index (χ1n) is 3.72. The molecule has 0 fully saturated rings. The lowest BCUT2D eigenvalue weighted by Gasteiger charge is -2.07. The number of halogens is 4. The smallest absolute Gasteiger partial charge is 0.351 e. The zero-order chi connectivity index (χ0) is 10.6. The minimum atomic E-state index is -4.30. The Hall–Kier alpha value is -0.750. The number of hydrogen-bond acceptors (Lipinski definition) is 2. The second-order valence-electron chi connectivity index (χ2n) is 2.61. The fourth-order valence-corrected chi connectivity index (χ4v) is 0.951. The van der Waals surface area contributed by atoms with Crippen LogP contribution in [0.1, 0.15) is 5.69 Å². The highest BCUT2D eigenvalue weighted by molar-refractivity contribution is 6.16. The van der Waals surface area contributed by atoms with E-state index in [-0.39, 0.29) is 12.6 Å². The van der Waals surface area contributed by atoms with E-state index in [1.807, 2.05) is 0 Å². The Kier molecular flexibility index (Phi) is 3.77. The van der Waals surface area contributed by atoms with Crippen LogP contribution in [0.15, 0.2) is 12.5 Å². The van der Waals surface area contributed by atoms with E-state index in [9.17, 15) is 13.2 Å². The van der Waals surface area contributed by atoms with Crippen LogP contribution < -0.4 is 0 Å². The van der Waals surface area contributed by atoms with Crippen LogP contribution in [0, 0.1) is 0 Å². The molecule has 0 aromatic carbocycles. The van der Waals surface area contributed by atoms with Gasteiger partial charge in [-0.1, -0.05) is 0 Å². The zero-order valence-electron chi connectivity index (χ0n) is 7.09. The highest BCUT2D eigenvalue weighted by Crippen LogP contribution is 2.14. The van der Waals surface area contributed by atoms with Gasteiger partial charge in [-0.15, -0.1) is 11.6 Å². The van der Waals surface area contributed by atoms with Gasteiger partial charge in [0.05, 0.1) is 17.9 Å². The largest absolute Gasteiger partial charge is 0.411 e. The third-order valence-corrected chi connectivity index (χ3v) is 1.60. The lowest BCUT2D eigenvalue weighted by Crippen LogP contribution is -2.18. The standard InChI is InChI=1S/C7H8ClF3N2O/c8-1-6-2-13(4-12-6)5-14-3-7(9,10)11/h2,4H,1,3,5H2. The van der Waals surface area contributed by atoms with Gasteiger partial charge in [0.2, 0.25) is 0 Å². The van der Waals surface area contributed by atoms with Gasteiger partial charge in [-0.3, -0.25) is 0 Å². The lowest BCUT2D eigenvalue weighted by atomic mass is 10.6. The number of imidazole rings is 1.